The zero-order valence-corrected chi connectivity index (χ0v) is 17.6. The minimum absolute atomic E-state index is 0.113. The van der Waals surface area contributed by atoms with E-state index in [2.05, 4.69) is 30.4 Å². The predicted octanol–water partition coefficient (Wildman–Crippen LogP) is 2.63. The fraction of sp³-hybridized carbons (Fsp3) is 0.273. The SMILES string of the molecule is CCc1cc(=O)[nH]c(-c2cccc(NC(=O)CCc3c(C)nc4ncnn4c3C)c2)n1. The number of carbonyl (C=O) groups excluding carboxylic acids is 1. The van der Waals surface area contributed by atoms with Crippen LogP contribution < -0.4 is 10.9 Å². The number of rotatable bonds is 6. The number of aryl methyl sites for hydroxylation is 3. The van der Waals surface area contributed by atoms with Gasteiger partial charge in [-0.2, -0.15) is 10.1 Å². The van der Waals surface area contributed by atoms with E-state index in [4.69, 9.17) is 0 Å². The molecule has 0 aliphatic heterocycles. The second-order valence-electron chi connectivity index (χ2n) is 7.30. The molecule has 4 aromatic rings. The van der Waals surface area contributed by atoms with Crippen molar-refractivity contribution in [2.75, 3.05) is 5.32 Å². The first-order valence-corrected chi connectivity index (χ1v) is 10.1. The molecule has 9 nitrogen and oxygen atoms in total. The molecule has 0 saturated heterocycles. The Kier molecular flexibility index (Phi) is 5.57. The van der Waals surface area contributed by atoms with Crippen molar-refractivity contribution in [3.8, 4) is 11.4 Å². The van der Waals surface area contributed by atoms with Gasteiger partial charge < -0.3 is 10.3 Å². The molecule has 158 valence electrons. The van der Waals surface area contributed by atoms with Crippen molar-refractivity contribution in [2.45, 2.75) is 40.0 Å². The molecule has 0 saturated carbocycles. The van der Waals surface area contributed by atoms with Gasteiger partial charge in [0, 0.05) is 40.8 Å². The zero-order valence-electron chi connectivity index (χ0n) is 17.6. The van der Waals surface area contributed by atoms with Crippen molar-refractivity contribution in [2.24, 2.45) is 0 Å². The Hall–Kier alpha value is -3.88. The second-order valence-corrected chi connectivity index (χ2v) is 7.30. The van der Waals surface area contributed by atoms with Crippen molar-refractivity contribution < 1.29 is 4.79 Å². The van der Waals surface area contributed by atoms with Crippen LogP contribution in [-0.2, 0) is 17.6 Å². The molecule has 0 aliphatic carbocycles. The van der Waals surface area contributed by atoms with E-state index in [0.717, 1.165) is 28.2 Å². The highest BCUT2D eigenvalue weighted by atomic mass is 16.1. The number of hydrogen-bond acceptors (Lipinski definition) is 6. The minimum atomic E-state index is -0.194. The van der Waals surface area contributed by atoms with Gasteiger partial charge >= 0.3 is 0 Å². The number of nitrogens with zero attached hydrogens (tertiary/aromatic N) is 5. The number of hydrogen-bond donors (Lipinski definition) is 2. The van der Waals surface area contributed by atoms with Crippen molar-refractivity contribution in [3.05, 3.63) is 69.7 Å². The summed E-state index contributed by atoms with van der Waals surface area (Å²) in [5.41, 5.74) is 4.67. The summed E-state index contributed by atoms with van der Waals surface area (Å²) in [6, 6.07) is 8.77. The van der Waals surface area contributed by atoms with Gasteiger partial charge in [-0.05, 0) is 44.4 Å². The van der Waals surface area contributed by atoms with Crippen LogP contribution in [0, 0.1) is 13.8 Å². The quantitative estimate of drug-likeness (QED) is 0.498. The number of amides is 1. The summed E-state index contributed by atoms with van der Waals surface area (Å²) in [7, 11) is 0. The van der Waals surface area contributed by atoms with E-state index in [1.165, 1.54) is 12.4 Å². The van der Waals surface area contributed by atoms with E-state index in [1.54, 1.807) is 10.6 Å². The van der Waals surface area contributed by atoms with Gasteiger partial charge in [-0.3, -0.25) is 9.59 Å². The first kappa shape index (κ1) is 20.4. The lowest BCUT2D eigenvalue weighted by Gasteiger charge is -2.11. The van der Waals surface area contributed by atoms with Crippen LogP contribution in [0.3, 0.4) is 0 Å². The molecule has 0 fully saturated rings. The van der Waals surface area contributed by atoms with Crippen LogP contribution in [0.25, 0.3) is 17.2 Å². The van der Waals surface area contributed by atoms with E-state index in [-0.39, 0.29) is 11.5 Å². The highest BCUT2D eigenvalue weighted by Gasteiger charge is 2.13. The lowest BCUT2D eigenvalue weighted by Crippen LogP contribution is -2.14. The van der Waals surface area contributed by atoms with Gasteiger partial charge in [0.2, 0.25) is 5.91 Å². The molecule has 0 aliphatic rings. The molecule has 0 atom stereocenters. The third kappa shape index (κ3) is 4.35. The maximum atomic E-state index is 12.6. The highest BCUT2D eigenvalue weighted by molar-refractivity contribution is 5.91. The average Bonchev–Trinajstić information content (AvgIpc) is 3.22. The molecule has 1 amide bonds. The molecule has 0 unspecified atom stereocenters. The van der Waals surface area contributed by atoms with E-state index >= 15 is 0 Å². The predicted molar refractivity (Wildman–Crippen MR) is 117 cm³/mol. The van der Waals surface area contributed by atoms with Crippen LogP contribution in [0.1, 0.15) is 36.0 Å². The molecule has 4 rings (SSSR count). The maximum absolute atomic E-state index is 12.6. The Labute approximate surface area is 178 Å². The number of nitrogens with one attached hydrogen (secondary N) is 2. The van der Waals surface area contributed by atoms with Crippen molar-refractivity contribution in [3.63, 3.8) is 0 Å². The Morgan fingerprint density at radius 1 is 1.19 bits per heavy atom. The second kappa shape index (κ2) is 8.47. The molecule has 3 heterocycles. The lowest BCUT2D eigenvalue weighted by atomic mass is 10.1. The summed E-state index contributed by atoms with van der Waals surface area (Å²) >= 11 is 0. The summed E-state index contributed by atoms with van der Waals surface area (Å²) in [5.74, 6) is 0.927. The Balaban J connectivity index is 1.48. The fourth-order valence-electron chi connectivity index (χ4n) is 3.55. The minimum Gasteiger partial charge on any atom is -0.326 e. The largest absolute Gasteiger partial charge is 0.326 e. The number of fused-ring (bicyclic) bond motifs is 1. The summed E-state index contributed by atoms with van der Waals surface area (Å²) in [6.07, 6.45) is 2.98. The lowest BCUT2D eigenvalue weighted by molar-refractivity contribution is -0.116. The standard InChI is InChI=1S/C22H23N7O2/c1-4-16-11-20(31)28-21(27-16)15-6-5-7-17(10-15)26-19(30)9-8-18-13(2)25-22-23-12-24-29(22)14(18)3/h5-7,10-12H,4,8-9H2,1-3H3,(H,26,30)(H,27,28,31). The van der Waals surface area contributed by atoms with Gasteiger partial charge in [0.05, 0.1) is 0 Å². The Morgan fingerprint density at radius 2 is 2.03 bits per heavy atom. The van der Waals surface area contributed by atoms with Gasteiger partial charge in [-0.15, -0.1) is 0 Å². The van der Waals surface area contributed by atoms with Crippen LogP contribution >= 0.6 is 0 Å². The molecule has 3 aromatic heterocycles. The maximum Gasteiger partial charge on any atom is 0.252 e. The number of aromatic nitrogens is 6. The van der Waals surface area contributed by atoms with Crippen LogP contribution in [0.2, 0.25) is 0 Å². The molecular weight excluding hydrogens is 394 g/mol. The molecule has 9 heteroatoms. The smallest absolute Gasteiger partial charge is 0.252 e. The molecule has 0 radical (unpaired) electrons. The average molecular weight is 417 g/mol. The summed E-state index contributed by atoms with van der Waals surface area (Å²) in [4.78, 5) is 40.2. The molecule has 2 N–H and O–H groups in total. The number of benzene rings is 1. The number of H-pyrrole nitrogens is 1. The molecule has 0 bridgehead atoms. The van der Waals surface area contributed by atoms with E-state index in [9.17, 15) is 9.59 Å². The van der Waals surface area contributed by atoms with Crippen LogP contribution in [0.5, 0.6) is 0 Å². The van der Waals surface area contributed by atoms with Crippen molar-refractivity contribution >= 4 is 17.4 Å². The topological polar surface area (TPSA) is 118 Å². The normalized spacial score (nSPS) is 11.1. The van der Waals surface area contributed by atoms with E-state index < -0.39 is 0 Å². The zero-order chi connectivity index (χ0) is 22.0. The van der Waals surface area contributed by atoms with Gasteiger partial charge in [0.15, 0.2) is 0 Å². The van der Waals surface area contributed by atoms with Gasteiger partial charge in [-0.1, -0.05) is 19.1 Å². The Bertz CT molecular complexity index is 1320. The Morgan fingerprint density at radius 3 is 2.84 bits per heavy atom. The first-order valence-electron chi connectivity index (χ1n) is 10.1. The van der Waals surface area contributed by atoms with Gasteiger partial charge in [-0.25, -0.2) is 14.5 Å². The van der Waals surface area contributed by atoms with Crippen molar-refractivity contribution in [1.29, 1.82) is 0 Å². The fourth-order valence-corrected chi connectivity index (χ4v) is 3.55. The van der Waals surface area contributed by atoms with E-state index in [1.807, 2.05) is 39.0 Å². The van der Waals surface area contributed by atoms with Crippen LogP contribution in [0.15, 0.2) is 41.5 Å². The third-order valence-electron chi connectivity index (χ3n) is 5.17. The third-order valence-corrected chi connectivity index (χ3v) is 5.17. The molecule has 0 spiro atoms. The number of anilines is 1. The molecule has 31 heavy (non-hydrogen) atoms. The summed E-state index contributed by atoms with van der Waals surface area (Å²) in [5, 5.41) is 7.11. The highest BCUT2D eigenvalue weighted by Crippen LogP contribution is 2.20. The van der Waals surface area contributed by atoms with Gasteiger partial charge in [0.1, 0.15) is 12.2 Å². The number of aromatic amines is 1. The summed E-state index contributed by atoms with van der Waals surface area (Å²) in [6.45, 7) is 5.81. The number of carbonyl (C=O) groups is 1. The van der Waals surface area contributed by atoms with Crippen LogP contribution in [-0.4, -0.2) is 35.5 Å². The monoisotopic (exact) mass is 417 g/mol. The summed E-state index contributed by atoms with van der Waals surface area (Å²) < 4.78 is 1.68. The molecular formula is C22H23N7O2. The van der Waals surface area contributed by atoms with Gasteiger partial charge in [0.25, 0.3) is 11.3 Å². The van der Waals surface area contributed by atoms with Crippen LogP contribution in [0.4, 0.5) is 5.69 Å². The molecule has 1 aromatic carbocycles. The van der Waals surface area contributed by atoms with Crippen molar-refractivity contribution in [1.82, 2.24) is 29.5 Å². The van der Waals surface area contributed by atoms with E-state index in [0.29, 0.717) is 36.6 Å². The first-order chi connectivity index (χ1) is 14.9.